The van der Waals surface area contributed by atoms with Crippen molar-refractivity contribution in [2.75, 3.05) is 11.9 Å². The van der Waals surface area contributed by atoms with E-state index in [1.54, 1.807) is 0 Å². The average molecular weight is 447 g/mol. The van der Waals surface area contributed by atoms with E-state index in [1.165, 1.54) is 16.9 Å². The SMILES string of the molecule is CCOc1ccccc1NC(=O)Cc1c(C)nn(-c2nc(-c3ccc(C)cc3)cs2)c1C. The molecule has 164 valence electrons. The highest BCUT2D eigenvalue weighted by molar-refractivity contribution is 7.12. The molecule has 0 aliphatic carbocycles. The fourth-order valence-electron chi connectivity index (χ4n) is 3.54. The average Bonchev–Trinajstić information content (AvgIpc) is 3.36. The van der Waals surface area contributed by atoms with Crippen LogP contribution >= 0.6 is 11.3 Å². The lowest BCUT2D eigenvalue weighted by Gasteiger charge is -2.11. The number of carbonyl (C=O) groups is 1. The van der Waals surface area contributed by atoms with Crippen LogP contribution in [0.1, 0.15) is 29.4 Å². The molecule has 0 radical (unpaired) electrons. The number of aromatic nitrogens is 3. The second-order valence-corrected chi connectivity index (χ2v) is 8.43. The standard InChI is InChI=1S/C25H26N4O2S/c1-5-31-23-9-7-6-8-21(23)26-24(30)14-20-17(3)28-29(18(20)4)25-27-22(15-32-25)19-12-10-16(2)11-13-19/h6-13,15H,5,14H2,1-4H3,(H,26,30). The Hall–Kier alpha value is -3.45. The summed E-state index contributed by atoms with van der Waals surface area (Å²) in [6, 6.07) is 15.8. The zero-order valence-corrected chi connectivity index (χ0v) is 19.5. The zero-order valence-electron chi connectivity index (χ0n) is 18.7. The number of thiazole rings is 1. The summed E-state index contributed by atoms with van der Waals surface area (Å²) in [7, 11) is 0. The highest BCUT2D eigenvalue weighted by Crippen LogP contribution is 2.27. The van der Waals surface area contributed by atoms with Crippen LogP contribution in [0.4, 0.5) is 5.69 Å². The lowest BCUT2D eigenvalue weighted by atomic mass is 10.1. The monoisotopic (exact) mass is 446 g/mol. The first-order valence-electron chi connectivity index (χ1n) is 10.6. The molecule has 0 saturated heterocycles. The van der Waals surface area contributed by atoms with Crippen LogP contribution in [0.2, 0.25) is 0 Å². The fraction of sp³-hybridized carbons (Fsp3) is 0.240. The number of benzene rings is 2. The van der Waals surface area contributed by atoms with Crippen molar-refractivity contribution in [2.24, 2.45) is 0 Å². The van der Waals surface area contributed by atoms with Crippen molar-refractivity contribution in [1.82, 2.24) is 14.8 Å². The minimum Gasteiger partial charge on any atom is -0.492 e. The van der Waals surface area contributed by atoms with E-state index in [2.05, 4.69) is 41.6 Å². The molecule has 0 bridgehead atoms. The summed E-state index contributed by atoms with van der Waals surface area (Å²) in [5.74, 6) is 0.557. The highest BCUT2D eigenvalue weighted by atomic mass is 32.1. The van der Waals surface area contributed by atoms with Gasteiger partial charge in [-0.2, -0.15) is 5.10 Å². The molecule has 0 saturated carbocycles. The summed E-state index contributed by atoms with van der Waals surface area (Å²) in [5, 5.41) is 10.5. The van der Waals surface area contributed by atoms with Crippen LogP contribution in [0, 0.1) is 20.8 Å². The maximum Gasteiger partial charge on any atom is 0.229 e. The molecule has 0 aliphatic rings. The molecule has 4 aromatic rings. The zero-order chi connectivity index (χ0) is 22.7. The van der Waals surface area contributed by atoms with E-state index in [4.69, 9.17) is 9.72 Å². The molecule has 0 aliphatic heterocycles. The van der Waals surface area contributed by atoms with Crippen LogP contribution in [-0.4, -0.2) is 27.3 Å². The minimum absolute atomic E-state index is 0.109. The third kappa shape index (κ3) is 4.57. The van der Waals surface area contributed by atoms with Crippen molar-refractivity contribution in [3.05, 3.63) is 76.4 Å². The number of aryl methyl sites for hydroxylation is 2. The molecule has 2 heterocycles. The number of anilines is 1. The summed E-state index contributed by atoms with van der Waals surface area (Å²) in [6.07, 6.45) is 0.230. The molecule has 2 aromatic heterocycles. The first kappa shape index (κ1) is 21.8. The van der Waals surface area contributed by atoms with Gasteiger partial charge in [0.15, 0.2) is 0 Å². The molecule has 0 fully saturated rings. The van der Waals surface area contributed by atoms with Crippen LogP contribution in [0.5, 0.6) is 5.75 Å². The van der Waals surface area contributed by atoms with Crippen molar-refractivity contribution in [1.29, 1.82) is 0 Å². The van der Waals surface area contributed by atoms with Crippen LogP contribution in [0.3, 0.4) is 0 Å². The number of para-hydroxylation sites is 2. The Kier molecular flexibility index (Phi) is 6.37. The van der Waals surface area contributed by atoms with Gasteiger partial charge in [-0.1, -0.05) is 42.0 Å². The fourth-order valence-corrected chi connectivity index (χ4v) is 4.38. The number of ether oxygens (including phenoxy) is 1. The van der Waals surface area contributed by atoms with Crippen LogP contribution in [-0.2, 0) is 11.2 Å². The Morgan fingerprint density at radius 2 is 1.84 bits per heavy atom. The van der Waals surface area contributed by atoms with E-state index < -0.39 is 0 Å². The topological polar surface area (TPSA) is 69.0 Å². The Morgan fingerprint density at radius 3 is 2.59 bits per heavy atom. The van der Waals surface area contributed by atoms with Gasteiger partial charge in [0.25, 0.3) is 0 Å². The number of hydrogen-bond donors (Lipinski definition) is 1. The number of rotatable bonds is 7. The van der Waals surface area contributed by atoms with Gasteiger partial charge in [-0.25, -0.2) is 9.67 Å². The number of amides is 1. The normalized spacial score (nSPS) is 10.9. The van der Waals surface area contributed by atoms with Gasteiger partial charge in [0.05, 0.1) is 30.1 Å². The van der Waals surface area contributed by atoms with E-state index in [0.717, 1.165) is 33.3 Å². The largest absolute Gasteiger partial charge is 0.492 e. The second-order valence-electron chi connectivity index (χ2n) is 7.60. The molecular formula is C25H26N4O2S. The Balaban J connectivity index is 1.54. The quantitative estimate of drug-likeness (QED) is 0.407. The lowest BCUT2D eigenvalue weighted by molar-refractivity contribution is -0.115. The molecule has 7 heteroatoms. The van der Waals surface area contributed by atoms with Crippen molar-refractivity contribution in [3.63, 3.8) is 0 Å². The number of carbonyl (C=O) groups excluding carboxylic acids is 1. The summed E-state index contributed by atoms with van der Waals surface area (Å²) >= 11 is 1.54. The molecule has 0 atom stereocenters. The second kappa shape index (κ2) is 9.36. The summed E-state index contributed by atoms with van der Waals surface area (Å²) in [6.45, 7) is 8.43. The van der Waals surface area contributed by atoms with Gasteiger partial charge in [0.1, 0.15) is 5.75 Å². The molecule has 4 rings (SSSR count). The molecule has 6 nitrogen and oxygen atoms in total. The molecule has 0 spiro atoms. The predicted molar refractivity (Wildman–Crippen MR) is 129 cm³/mol. The predicted octanol–water partition coefficient (Wildman–Crippen LogP) is 5.50. The molecule has 1 amide bonds. The van der Waals surface area contributed by atoms with Crippen molar-refractivity contribution < 1.29 is 9.53 Å². The highest BCUT2D eigenvalue weighted by Gasteiger charge is 2.19. The van der Waals surface area contributed by atoms with E-state index in [1.807, 2.05) is 55.1 Å². The van der Waals surface area contributed by atoms with Gasteiger partial charge >= 0.3 is 0 Å². The Bertz CT molecular complexity index is 1240. The van der Waals surface area contributed by atoms with Gasteiger partial charge in [-0.15, -0.1) is 11.3 Å². The van der Waals surface area contributed by atoms with Gasteiger partial charge in [-0.3, -0.25) is 4.79 Å². The van der Waals surface area contributed by atoms with Crippen molar-refractivity contribution in [2.45, 2.75) is 34.1 Å². The molecule has 32 heavy (non-hydrogen) atoms. The minimum atomic E-state index is -0.109. The number of hydrogen-bond acceptors (Lipinski definition) is 5. The third-order valence-corrected chi connectivity index (χ3v) is 6.08. The molecular weight excluding hydrogens is 420 g/mol. The van der Waals surface area contributed by atoms with Gasteiger partial charge in [0, 0.05) is 22.2 Å². The Labute approximate surface area is 191 Å². The smallest absolute Gasteiger partial charge is 0.229 e. The van der Waals surface area contributed by atoms with Gasteiger partial charge in [0.2, 0.25) is 11.0 Å². The van der Waals surface area contributed by atoms with Gasteiger partial charge in [-0.05, 0) is 39.8 Å². The maximum absolute atomic E-state index is 12.8. The first-order chi connectivity index (χ1) is 15.5. The lowest BCUT2D eigenvalue weighted by Crippen LogP contribution is -2.16. The van der Waals surface area contributed by atoms with Crippen LogP contribution in [0.25, 0.3) is 16.4 Å². The van der Waals surface area contributed by atoms with Gasteiger partial charge < -0.3 is 10.1 Å². The summed E-state index contributed by atoms with van der Waals surface area (Å²) in [4.78, 5) is 17.6. The molecule has 2 aromatic carbocycles. The molecule has 0 unspecified atom stereocenters. The summed E-state index contributed by atoms with van der Waals surface area (Å²) in [5.41, 5.74) is 6.53. The van der Waals surface area contributed by atoms with Crippen molar-refractivity contribution in [3.8, 4) is 22.1 Å². The first-order valence-corrected chi connectivity index (χ1v) is 11.4. The third-order valence-electron chi connectivity index (χ3n) is 5.26. The van der Waals surface area contributed by atoms with Crippen molar-refractivity contribution >= 4 is 22.9 Å². The van der Waals surface area contributed by atoms with Crippen LogP contribution in [0.15, 0.2) is 53.9 Å². The Morgan fingerprint density at radius 1 is 1.09 bits per heavy atom. The number of nitrogens with one attached hydrogen (secondary N) is 1. The van der Waals surface area contributed by atoms with Crippen LogP contribution < -0.4 is 10.1 Å². The van der Waals surface area contributed by atoms with E-state index in [0.29, 0.717) is 18.0 Å². The number of nitrogens with zero attached hydrogens (tertiary/aromatic N) is 3. The van der Waals surface area contributed by atoms with E-state index >= 15 is 0 Å². The van der Waals surface area contributed by atoms with E-state index in [-0.39, 0.29) is 12.3 Å². The maximum atomic E-state index is 12.8. The molecule has 1 N–H and O–H groups in total. The summed E-state index contributed by atoms with van der Waals surface area (Å²) < 4.78 is 7.43. The van der Waals surface area contributed by atoms with E-state index in [9.17, 15) is 4.79 Å².